The SMILES string of the molecule is COc1ccc(CN(Cc2ccc(C)cc2OC)C2=N[C@](C)(c3ccccc3F)[C@@H](OC)[C@@H](CF)O2)c(C)c1. The Kier molecular flexibility index (Phi) is 8.75. The largest absolute Gasteiger partial charge is 0.497 e. The predicted molar refractivity (Wildman–Crippen MR) is 148 cm³/mol. The third kappa shape index (κ3) is 5.86. The lowest BCUT2D eigenvalue weighted by Crippen LogP contribution is -2.55. The molecule has 1 aliphatic heterocycles. The third-order valence-electron chi connectivity index (χ3n) is 7.29. The maximum Gasteiger partial charge on any atom is 0.289 e. The zero-order valence-electron chi connectivity index (χ0n) is 23.3. The second kappa shape index (κ2) is 12.0. The van der Waals surface area contributed by atoms with Crippen LogP contribution in [0.1, 0.15) is 34.7 Å². The molecule has 3 atom stereocenters. The first-order valence-corrected chi connectivity index (χ1v) is 12.9. The minimum atomic E-state index is -1.24. The lowest BCUT2D eigenvalue weighted by Gasteiger charge is -2.44. The molecule has 208 valence electrons. The minimum Gasteiger partial charge on any atom is -0.497 e. The van der Waals surface area contributed by atoms with Crippen LogP contribution in [0.4, 0.5) is 8.78 Å². The Labute approximate surface area is 229 Å². The van der Waals surface area contributed by atoms with Crippen LogP contribution < -0.4 is 9.47 Å². The molecular formula is C31H36F2N2O4. The average molecular weight is 539 g/mol. The van der Waals surface area contributed by atoms with Gasteiger partial charge in [0.05, 0.1) is 20.8 Å². The molecular weight excluding hydrogens is 502 g/mol. The lowest BCUT2D eigenvalue weighted by molar-refractivity contribution is -0.0783. The molecule has 1 heterocycles. The van der Waals surface area contributed by atoms with E-state index < -0.39 is 30.2 Å². The van der Waals surface area contributed by atoms with Crippen LogP contribution in [0.3, 0.4) is 0 Å². The standard InChI is InChI=1S/C31H36F2N2O4/c1-20-11-12-23(27(15-20)37-5)19-35(18-22-13-14-24(36-4)16-21(22)2)30-34-31(3,25-9-7-8-10-26(25)33)29(38-6)28(17-32)39-30/h7-16,28-29H,17-19H2,1-6H3/t28-,29+,31-/m1/s1. The topological polar surface area (TPSA) is 52.5 Å². The van der Waals surface area contributed by atoms with E-state index in [4.69, 9.17) is 23.9 Å². The van der Waals surface area contributed by atoms with Crippen LogP contribution in [0.5, 0.6) is 11.5 Å². The van der Waals surface area contributed by atoms with Crippen LogP contribution >= 0.6 is 0 Å². The van der Waals surface area contributed by atoms with Crippen LogP contribution in [0.25, 0.3) is 0 Å². The first kappa shape index (κ1) is 28.4. The van der Waals surface area contributed by atoms with Crippen LogP contribution in [-0.4, -0.2) is 51.1 Å². The molecule has 39 heavy (non-hydrogen) atoms. The summed E-state index contributed by atoms with van der Waals surface area (Å²) >= 11 is 0. The van der Waals surface area contributed by atoms with E-state index in [1.54, 1.807) is 39.3 Å². The second-order valence-electron chi connectivity index (χ2n) is 9.95. The van der Waals surface area contributed by atoms with Gasteiger partial charge >= 0.3 is 0 Å². The number of alkyl halides is 1. The Morgan fingerprint density at radius 3 is 2.31 bits per heavy atom. The molecule has 0 bridgehead atoms. The highest BCUT2D eigenvalue weighted by molar-refractivity contribution is 5.76. The summed E-state index contributed by atoms with van der Waals surface area (Å²) in [5, 5.41) is 0. The normalized spacial score (nSPS) is 20.7. The average Bonchev–Trinajstić information content (AvgIpc) is 2.93. The molecule has 3 aromatic carbocycles. The quantitative estimate of drug-likeness (QED) is 0.329. The van der Waals surface area contributed by atoms with Crippen LogP contribution in [0.2, 0.25) is 0 Å². The number of nitrogens with zero attached hydrogens (tertiary/aromatic N) is 2. The van der Waals surface area contributed by atoms with Gasteiger partial charge in [-0.1, -0.05) is 36.4 Å². The van der Waals surface area contributed by atoms with Crippen molar-refractivity contribution in [1.29, 1.82) is 0 Å². The van der Waals surface area contributed by atoms with Gasteiger partial charge in [-0.2, -0.15) is 0 Å². The van der Waals surface area contributed by atoms with Crippen molar-refractivity contribution in [2.75, 3.05) is 28.0 Å². The van der Waals surface area contributed by atoms with Gasteiger partial charge in [0.1, 0.15) is 35.6 Å². The Balaban J connectivity index is 1.85. The molecule has 0 radical (unpaired) electrons. The van der Waals surface area contributed by atoms with Crippen molar-refractivity contribution in [2.24, 2.45) is 4.99 Å². The number of aliphatic imine (C=N–C) groups is 1. The fraction of sp³-hybridized carbons (Fsp3) is 0.387. The molecule has 0 N–H and O–H groups in total. The van der Waals surface area contributed by atoms with E-state index in [1.807, 2.05) is 55.1 Å². The van der Waals surface area contributed by atoms with Crippen molar-refractivity contribution < 1.29 is 27.7 Å². The number of aryl methyl sites for hydroxylation is 2. The summed E-state index contributed by atoms with van der Waals surface area (Å²) < 4.78 is 52.5. The van der Waals surface area contributed by atoms with Gasteiger partial charge in [-0.15, -0.1) is 0 Å². The van der Waals surface area contributed by atoms with Gasteiger partial charge in [0.15, 0.2) is 6.10 Å². The zero-order valence-corrected chi connectivity index (χ0v) is 23.3. The highest BCUT2D eigenvalue weighted by Gasteiger charge is 2.49. The molecule has 0 fully saturated rings. The fourth-order valence-electron chi connectivity index (χ4n) is 5.13. The monoisotopic (exact) mass is 538 g/mol. The summed E-state index contributed by atoms with van der Waals surface area (Å²) in [7, 11) is 4.72. The van der Waals surface area contributed by atoms with E-state index in [2.05, 4.69) is 0 Å². The smallest absolute Gasteiger partial charge is 0.289 e. The Hall–Kier alpha value is -3.65. The molecule has 0 unspecified atom stereocenters. The minimum absolute atomic E-state index is 0.203. The molecule has 4 rings (SSSR count). The third-order valence-corrected chi connectivity index (χ3v) is 7.29. The molecule has 0 amide bonds. The molecule has 3 aromatic rings. The van der Waals surface area contributed by atoms with Gasteiger partial charge in [-0.25, -0.2) is 13.8 Å². The number of ether oxygens (including phenoxy) is 4. The maximum absolute atomic E-state index is 15.1. The van der Waals surface area contributed by atoms with E-state index in [9.17, 15) is 4.39 Å². The zero-order chi connectivity index (χ0) is 28.2. The number of hydrogen-bond acceptors (Lipinski definition) is 6. The molecule has 8 heteroatoms. The van der Waals surface area contributed by atoms with Crippen molar-refractivity contribution in [3.63, 3.8) is 0 Å². The van der Waals surface area contributed by atoms with Crippen LogP contribution in [0.15, 0.2) is 65.7 Å². The summed E-state index contributed by atoms with van der Waals surface area (Å²) in [4.78, 5) is 6.87. The molecule has 0 spiro atoms. The summed E-state index contributed by atoms with van der Waals surface area (Å²) in [5.41, 5.74) is 3.05. The maximum atomic E-state index is 15.1. The Morgan fingerprint density at radius 1 is 0.949 bits per heavy atom. The highest BCUT2D eigenvalue weighted by atomic mass is 19.1. The van der Waals surface area contributed by atoms with E-state index in [0.717, 1.165) is 33.8 Å². The van der Waals surface area contributed by atoms with Gasteiger partial charge in [-0.3, -0.25) is 0 Å². The summed E-state index contributed by atoms with van der Waals surface area (Å²) in [5.74, 6) is 1.03. The number of amidine groups is 1. The molecule has 0 saturated heterocycles. The number of rotatable bonds is 9. The Morgan fingerprint density at radius 2 is 1.67 bits per heavy atom. The van der Waals surface area contributed by atoms with Crippen molar-refractivity contribution in [2.45, 2.75) is 51.6 Å². The van der Waals surface area contributed by atoms with Crippen molar-refractivity contribution in [1.82, 2.24) is 4.90 Å². The first-order chi connectivity index (χ1) is 18.7. The molecule has 6 nitrogen and oxygen atoms in total. The van der Waals surface area contributed by atoms with Crippen molar-refractivity contribution >= 4 is 6.02 Å². The molecule has 0 aliphatic carbocycles. The molecule has 1 aliphatic rings. The Bertz CT molecular complexity index is 1330. The summed E-state index contributed by atoms with van der Waals surface area (Å²) in [6, 6.07) is 18.4. The van der Waals surface area contributed by atoms with E-state index >= 15 is 4.39 Å². The number of halogens is 2. The number of hydrogen-bond donors (Lipinski definition) is 0. The summed E-state index contributed by atoms with van der Waals surface area (Å²) in [6.45, 7) is 5.68. The second-order valence-corrected chi connectivity index (χ2v) is 9.95. The van der Waals surface area contributed by atoms with Crippen molar-refractivity contribution in [3.8, 4) is 11.5 Å². The van der Waals surface area contributed by atoms with Gasteiger partial charge < -0.3 is 23.8 Å². The van der Waals surface area contributed by atoms with Gasteiger partial charge in [0, 0.05) is 24.8 Å². The van der Waals surface area contributed by atoms with Crippen LogP contribution in [-0.2, 0) is 28.1 Å². The van der Waals surface area contributed by atoms with E-state index in [1.165, 1.54) is 13.2 Å². The number of benzene rings is 3. The highest BCUT2D eigenvalue weighted by Crippen LogP contribution is 2.39. The van der Waals surface area contributed by atoms with E-state index in [0.29, 0.717) is 18.7 Å². The molecule has 0 saturated carbocycles. The van der Waals surface area contributed by atoms with Crippen LogP contribution in [0, 0.1) is 19.7 Å². The van der Waals surface area contributed by atoms with Gasteiger partial charge in [-0.05, 0) is 61.7 Å². The van der Waals surface area contributed by atoms with Gasteiger partial charge in [0.25, 0.3) is 6.02 Å². The predicted octanol–water partition coefficient (Wildman–Crippen LogP) is 6.12. The summed E-state index contributed by atoms with van der Waals surface area (Å²) in [6.07, 6.45) is -1.84. The fourth-order valence-corrected chi connectivity index (χ4v) is 5.13. The molecule has 0 aromatic heterocycles. The van der Waals surface area contributed by atoms with Crippen molar-refractivity contribution in [3.05, 3.63) is 94.3 Å². The first-order valence-electron chi connectivity index (χ1n) is 12.9. The van der Waals surface area contributed by atoms with E-state index in [-0.39, 0.29) is 6.02 Å². The number of methoxy groups -OCH3 is 3. The lowest BCUT2D eigenvalue weighted by atomic mass is 9.83. The van der Waals surface area contributed by atoms with Gasteiger partial charge in [0.2, 0.25) is 0 Å².